The Morgan fingerprint density at radius 1 is 1.18 bits per heavy atom. The van der Waals surface area contributed by atoms with Crippen molar-refractivity contribution in [2.75, 3.05) is 39.2 Å². The number of nitrogens with zero attached hydrogens (tertiary/aromatic N) is 5. The number of halogens is 1. The van der Waals surface area contributed by atoms with Crippen molar-refractivity contribution < 1.29 is 13.9 Å². The van der Waals surface area contributed by atoms with Gasteiger partial charge < -0.3 is 14.5 Å². The number of methoxy groups -OCH3 is 1. The van der Waals surface area contributed by atoms with Gasteiger partial charge in [-0.1, -0.05) is 6.07 Å². The molecule has 2 aromatic heterocycles. The van der Waals surface area contributed by atoms with Gasteiger partial charge in [0.05, 0.1) is 19.2 Å². The average Bonchev–Trinajstić information content (AvgIpc) is 2.84. The van der Waals surface area contributed by atoms with Crippen LogP contribution in [0.1, 0.15) is 30.0 Å². The van der Waals surface area contributed by atoms with E-state index < -0.39 is 5.82 Å². The second-order valence-electron chi connectivity index (χ2n) is 8.43. The molecule has 0 spiro atoms. The fourth-order valence-electron chi connectivity index (χ4n) is 4.07. The van der Waals surface area contributed by atoms with Crippen molar-refractivity contribution in [2.24, 2.45) is 0 Å². The first kappa shape index (κ1) is 22.6. The summed E-state index contributed by atoms with van der Waals surface area (Å²) in [6.45, 7) is 1.27. The summed E-state index contributed by atoms with van der Waals surface area (Å²) in [4.78, 5) is 30.4. The number of hydrogen-bond acceptors (Lipinski definition) is 6. The molecule has 1 aliphatic heterocycles. The van der Waals surface area contributed by atoms with Crippen LogP contribution in [-0.4, -0.2) is 60.1 Å². The zero-order valence-corrected chi connectivity index (χ0v) is 19.2. The van der Waals surface area contributed by atoms with E-state index in [1.165, 1.54) is 13.2 Å². The summed E-state index contributed by atoms with van der Waals surface area (Å²) in [7, 11) is 5.33. The van der Waals surface area contributed by atoms with Gasteiger partial charge >= 0.3 is 0 Å². The quantitative estimate of drug-likeness (QED) is 0.572. The van der Waals surface area contributed by atoms with Crippen molar-refractivity contribution in [1.82, 2.24) is 19.9 Å². The molecule has 0 aliphatic carbocycles. The van der Waals surface area contributed by atoms with Crippen LogP contribution >= 0.6 is 0 Å². The molecule has 3 aromatic rings. The summed E-state index contributed by atoms with van der Waals surface area (Å²) >= 11 is 0. The molecule has 7 nitrogen and oxygen atoms in total. The van der Waals surface area contributed by atoms with Crippen molar-refractivity contribution in [3.05, 3.63) is 65.9 Å². The molecule has 0 N–H and O–H groups in total. The van der Waals surface area contributed by atoms with Gasteiger partial charge in [-0.2, -0.15) is 0 Å². The van der Waals surface area contributed by atoms with Gasteiger partial charge in [0.1, 0.15) is 5.82 Å². The Labute approximate surface area is 193 Å². The van der Waals surface area contributed by atoms with E-state index in [1.807, 2.05) is 42.1 Å². The predicted octanol–water partition coefficient (Wildman–Crippen LogP) is 3.70. The standard InChI is InChI=1S/C25H28FN5O2/c1-30(2)23-15-21(28-25(29-23)18-8-10-27-11-9-18)19-5-4-12-31(16-19)24(32)14-17-6-7-22(33-3)20(26)13-17/h6-11,13,15,19H,4-5,12,14,16H2,1-3H3/t19-/m0/s1. The molecule has 1 atom stereocenters. The van der Waals surface area contributed by atoms with Crippen LogP contribution in [-0.2, 0) is 11.2 Å². The van der Waals surface area contributed by atoms with Crippen molar-refractivity contribution in [2.45, 2.75) is 25.2 Å². The van der Waals surface area contributed by atoms with Gasteiger partial charge in [-0.15, -0.1) is 0 Å². The lowest BCUT2D eigenvalue weighted by Gasteiger charge is -2.33. The molecule has 1 aromatic carbocycles. The molecular weight excluding hydrogens is 421 g/mol. The molecule has 0 unspecified atom stereocenters. The normalized spacial score (nSPS) is 15.9. The van der Waals surface area contributed by atoms with Crippen molar-refractivity contribution in [1.29, 1.82) is 0 Å². The van der Waals surface area contributed by atoms with Gasteiger partial charge in [-0.05, 0) is 42.7 Å². The minimum atomic E-state index is -0.458. The third kappa shape index (κ3) is 5.27. The summed E-state index contributed by atoms with van der Waals surface area (Å²) in [5.41, 5.74) is 2.46. The van der Waals surface area contributed by atoms with Gasteiger partial charge in [0, 0.05) is 57.1 Å². The lowest BCUT2D eigenvalue weighted by Crippen LogP contribution is -2.40. The largest absolute Gasteiger partial charge is 0.494 e. The summed E-state index contributed by atoms with van der Waals surface area (Å²) in [6.07, 6.45) is 5.44. The first-order chi connectivity index (χ1) is 15.9. The number of carbonyl (C=O) groups excluding carboxylic acids is 1. The van der Waals surface area contributed by atoms with Crippen LogP contribution in [0, 0.1) is 5.82 Å². The number of carbonyl (C=O) groups is 1. The Hall–Kier alpha value is -3.55. The lowest BCUT2D eigenvalue weighted by molar-refractivity contribution is -0.131. The molecule has 3 heterocycles. The number of rotatable bonds is 6. The first-order valence-electron chi connectivity index (χ1n) is 11.0. The van der Waals surface area contributed by atoms with E-state index in [0.29, 0.717) is 24.5 Å². The Balaban J connectivity index is 1.53. The Bertz CT molecular complexity index is 1120. The summed E-state index contributed by atoms with van der Waals surface area (Å²) in [6, 6.07) is 10.4. The lowest BCUT2D eigenvalue weighted by atomic mass is 9.93. The third-order valence-electron chi connectivity index (χ3n) is 5.89. The van der Waals surface area contributed by atoms with Crippen LogP contribution in [0.4, 0.5) is 10.2 Å². The highest BCUT2D eigenvalue weighted by Crippen LogP contribution is 2.30. The molecule has 0 bridgehead atoms. The highest BCUT2D eigenvalue weighted by atomic mass is 19.1. The minimum Gasteiger partial charge on any atom is -0.494 e. The minimum absolute atomic E-state index is 0.0134. The van der Waals surface area contributed by atoms with E-state index in [4.69, 9.17) is 14.7 Å². The van der Waals surface area contributed by atoms with Crippen LogP contribution in [0.25, 0.3) is 11.4 Å². The number of benzene rings is 1. The van der Waals surface area contributed by atoms with Gasteiger partial charge in [-0.3, -0.25) is 9.78 Å². The van der Waals surface area contributed by atoms with E-state index >= 15 is 0 Å². The Morgan fingerprint density at radius 3 is 2.67 bits per heavy atom. The maximum atomic E-state index is 14.0. The number of hydrogen-bond donors (Lipinski definition) is 0. The molecule has 33 heavy (non-hydrogen) atoms. The highest BCUT2D eigenvalue weighted by molar-refractivity contribution is 5.79. The molecular formula is C25H28FN5O2. The number of anilines is 1. The Kier molecular flexibility index (Phi) is 6.82. The molecule has 172 valence electrons. The average molecular weight is 450 g/mol. The van der Waals surface area contributed by atoms with Gasteiger partial charge in [-0.25, -0.2) is 14.4 Å². The molecule has 1 fully saturated rings. The molecule has 1 amide bonds. The second kappa shape index (κ2) is 9.94. The first-order valence-corrected chi connectivity index (χ1v) is 11.0. The van der Waals surface area contributed by atoms with E-state index in [9.17, 15) is 9.18 Å². The summed E-state index contributed by atoms with van der Waals surface area (Å²) < 4.78 is 19.0. The fraction of sp³-hybridized carbons (Fsp3) is 0.360. The van der Waals surface area contributed by atoms with Crippen molar-refractivity contribution in [3.63, 3.8) is 0 Å². The van der Waals surface area contributed by atoms with E-state index in [0.717, 1.165) is 29.9 Å². The van der Waals surface area contributed by atoms with E-state index in [2.05, 4.69) is 4.98 Å². The molecule has 1 aliphatic rings. The number of amides is 1. The zero-order chi connectivity index (χ0) is 23.4. The SMILES string of the molecule is COc1ccc(CC(=O)N2CCC[C@H](c3cc(N(C)C)nc(-c4ccncc4)n3)C2)cc1F. The number of piperidine rings is 1. The van der Waals surface area contributed by atoms with Gasteiger partial charge in [0.2, 0.25) is 5.91 Å². The fourth-order valence-corrected chi connectivity index (χ4v) is 4.07. The molecule has 4 rings (SSSR count). The molecule has 8 heteroatoms. The van der Waals surface area contributed by atoms with E-state index in [-0.39, 0.29) is 24.0 Å². The monoisotopic (exact) mass is 449 g/mol. The summed E-state index contributed by atoms with van der Waals surface area (Å²) in [5, 5.41) is 0. The summed E-state index contributed by atoms with van der Waals surface area (Å²) in [5.74, 6) is 1.28. The number of ether oxygens (including phenoxy) is 1. The number of pyridine rings is 1. The third-order valence-corrected chi connectivity index (χ3v) is 5.89. The maximum Gasteiger partial charge on any atom is 0.227 e. The van der Waals surface area contributed by atoms with Gasteiger partial charge in [0.25, 0.3) is 0 Å². The Morgan fingerprint density at radius 2 is 1.97 bits per heavy atom. The zero-order valence-electron chi connectivity index (χ0n) is 19.2. The smallest absolute Gasteiger partial charge is 0.227 e. The van der Waals surface area contributed by atoms with Crippen molar-refractivity contribution >= 4 is 11.7 Å². The van der Waals surface area contributed by atoms with Crippen LogP contribution < -0.4 is 9.64 Å². The predicted molar refractivity (Wildman–Crippen MR) is 125 cm³/mol. The molecule has 0 saturated carbocycles. The van der Waals surface area contributed by atoms with Crippen LogP contribution in [0.2, 0.25) is 0 Å². The van der Waals surface area contributed by atoms with Crippen LogP contribution in [0.5, 0.6) is 5.75 Å². The van der Waals surface area contributed by atoms with Gasteiger partial charge in [0.15, 0.2) is 17.4 Å². The molecule has 0 radical (unpaired) electrons. The second-order valence-corrected chi connectivity index (χ2v) is 8.43. The van der Waals surface area contributed by atoms with Crippen LogP contribution in [0.15, 0.2) is 48.8 Å². The highest BCUT2D eigenvalue weighted by Gasteiger charge is 2.27. The number of aromatic nitrogens is 3. The van der Waals surface area contributed by atoms with Crippen LogP contribution in [0.3, 0.4) is 0 Å². The van der Waals surface area contributed by atoms with E-state index in [1.54, 1.807) is 24.5 Å². The topological polar surface area (TPSA) is 71.5 Å². The molecule has 1 saturated heterocycles. The van der Waals surface area contributed by atoms with Crippen molar-refractivity contribution in [3.8, 4) is 17.1 Å². The number of likely N-dealkylation sites (tertiary alicyclic amines) is 1. The maximum absolute atomic E-state index is 14.0.